The van der Waals surface area contributed by atoms with Crippen molar-refractivity contribution in [2.24, 2.45) is 5.73 Å². The fraction of sp³-hybridized carbons (Fsp3) is 0.577. The molecule has 0 aliphatic rings. The number of rotatable bonds is 14. The number of carbonyl (C=O) groups is 5. The van der Waals surface area contributed by atoms with Crippen LogP contribution in [0.15, 0.2) is 30.3 Å². The van der Waals surface area contributed by atoms with E-state index in [1.165, 1.54) is 12.0 Å². The van der Waals surface area contributed by atoms with Crippen LogP contribution in [0.5, 0.6) is 0 Å². The van der Waals surface area contributed by atoms with Gasteiger partial charge in [0.05, 0.1) is 13.5 Å². The lowest BCUT2D eigenvalue weighted by molar-refractivity contribution is -0.145. The van der Waals surface area contributed by atoms with Crippen LogP contribution in [-0.2, 0) is 28.7 Å². The fourth-order valence-electron chi connectivity index (χ4n) is 3.56. The number of esters is 1. The van der Waals surface area contributed by atoms with E-state index < -0.39 is 60.4 Å². The van der Waals surface area contributed by atoms with E-state index in [0.29, 0.717) is 12.0 Å². The van der Waals surface area contributed by atoms with Gasteiger partial charge in [-0.1, -0.05) is 56.5 Å². The molecule has 4 amide bonds. The summed E-state index contributed by atoms with van der Waals surface area (Å²) < 4.78 is 9.86. The number of benzene rings is 1. The maximum absolute atomic E-state index is 13.8. The number of primary amides is 1. The standard InChI is InChI=1S/C26H40N4O7/c1-6-7-8-12-15-30(24(34)19(16-20(27)31)29-25(35)37-26(2,3)4)22(18-13-10-9-11-14-18)23(33)28-17-21(32)36-5/h9-11,13-14,19,22H,6-8,12,15-17H2,1-5H3,(H2,27,31)(H,28,33)(H,29,35). The number of amides is 4. The van der Waals surface area contributed by atoms with Gasteiger partial charge in [-0.3, -0.25) is 19.2 Å². The van der Waals surface area contributed by atoms with E-state index in [1.807, 2.05) is 6.92 Å². The number of nitrogens with zero attached hydrogens (tertiary/aromatic N) is 1. The van der Waals surface area contributed by atoms with Gasteiger partial charge >= 0.3 is 12.1 Å². The lowest BCUT2D eigenvalue weighted by atomic mass is 10.0. The van der Waals surface area contributed by atoms with Gasteiger partial charge in [-0.25, -0.2) is 4.79 Å². The predicted molar refractivity (Wildman–Crippen MR) is 137 cm³/mol. The highest BCUT2D eigenvalue weighted by molar-refractivity contribution is 5.95. The second kappa shape index (κ2) is 15.5. The van der Waals surface area contributed by atoms with Crippen LogP contribution in [0, 0.1) is 0 Å². The predicted octanol–water partition coefficient (Wildman–Crippen LogP) is 2.19. The minimum absolute atomic E-state index is 0.162. The topological polar surface area (TPSA) is 157 Å². The maximum atomic E-state index is 13.8. The van der Waals surface area contributed by atoms with Crippen molar-refractivity contribution in [3.63, 3.8) is 0 Å². The molecular weight excluding hydrogens is 480 g/mol. The third kappa shape index (κ3) is 11.8. The quantitative estimate of drug-likeness (QED) is 0.251. The zero-order chi connectivity index (χ0) is 28.0. The number of hydrogen-bond donors (Lipinski definition) is 3. The summed E-state index contributed by atoms with van der Waals surface area (Å²) in [5, 5.41) is 4.94. The highest BCUT2D eigenvalue weighted by atomic mass is 16.6. The minimum atomic E-state index is -1.36. The summed E-state index contributed by atoms with van der Waals surface area (Å²) in [6, 6.07) is 6.05. The molecule has 0 saturated heterocycles. The number of alkyl carbamates (subject to hydrolysis) is 1. The van der Waals surface area contributed by atoms with Crippen molar-refractivity contribution < 1.29 is 33.4 Å². The van der Waals surface area contributed by atoms with Gasteiger partial charge in [-0.05, 0) is 32.8 Å². The van der Waals surface area contributed by atoms with Crippen LogP contribution >= 0.6 is 0 Å². The van der Waals surface area contributed by atoms with E-state index in [0.717, 1.165) is 19.3 Å². The summed E-state index contributed by atoms with van der Waals surface area (Å²) in [5.41, 5.74) is 5.03. The van der Waals surface area contributed by atoms with Gasteiger partial charge < -0.3 is 30.7 Å². The first-order chi connectivity index (χ1) is 17.4. The van der Waals surface area contributed by atoms with Gasteiger partial charge in [0.2, 0.25) is 17.7 Å². The Balaban J connectivity index is 3.42. The Morgan fingerprint density at radius 3 is 2.22 bits per heavy atom. The molecule has 4 N–H and O–H groups in total. The monoisotopic (exact) mass is 520 g/mol. The summed E-state index contributed by atoms with van der Waals surface area (Å²) in [5.74, 6) is -2.76. The van der Waals surface area contributed by atoms with E-state index in [4.69, 9.17) is 10.5 Å². The Labute approximate surface area is 218 Å². The number of nitrogens with one attached hydrogen (secondary N) is 2. The molecule has 11 heteroatoms. The fourth-order valence-corrected chi connectivity index (χ4v) is 3.56. The summed E-state index contributed by atoms with van der Waals surface area (Å²) in [6.45, 7) is 6.80. The van der Waals surface area contributed by atoms with Crippen LogP contribution in [0.4, 0.5) is 4.79 Å². The van der Waals surface area contributed by atoms with Crippen LogP contribution < -0.4 is 16.4 Å². The van der Waals surface area contributed by atoms with Crippen molar-refractivity contribution in [1.82, 2.24) is 15.5 Å². The minimum Gasteiger partial charge on any atom is -0.468 e. The van der Waals surface area contributed by atoms with Gasteiger partial charge in [-0.2, -0.15) is 0 Å². The van der Waals surface area contributed by atoms with Gasteiger partial charge in [0, 0.05) is 6.54 Å². The molecule has 0 radical (unpaired) electrons. The first-order valence-corrected chi connectivity index (χ1v) is 12.4. The first kappa shape index (κ1) is 31.4. The molecule has 2 unspecified atom stereocenters. The zero-order valence-corrected chi connectivity index (χ0v) is 22.4. The SMILES string of the molecule is CCCCCCN(C(=O)C(CC(N)=O)NC(=O)OC(C)(C)C)C(C(=O)NCC(=O)OC)c1ccccc1. The molecule has 11 nitrogen and oxygen atoms in total. The molecule has 1 rings (SSSR count). The summed E-state index contributed by atoms with van der Waals surface area (Å²) >= 11 is 0. The van der Waals surface area contributed by atoms with Gasteiger partial charge in [-0.15, -0.1) is 0 Å². The lowest BCUT2D eigenvalue weighted by Gasteiger charge is -2.34. The number of nitrogens with two attached hydrogens (primary N) is 1. The van der Waals surface area contributed by atoms with E-state index in [1.54, 1.807) is 51.1 Å². The Morgan fingerprint density at radius 1 is 1.03 bits per heavy atom. The Bertz CT molecular complexity index is 915. The number of ether oxygens (including phenoxy) is 2. The summed E-state index contributed by atoms with van der Waals surface area (Å²) in [7, 11) is 1.20. The number of methoxy groups -OCH3 is 1. The highest BCUT2D eigenvalue weighted by Gasteiger charge is 2.36. The second-order valence-corrected chi connectivity index (χ2v) is 9.57. The smallest absolute Gasteiger partial charge is 0.408 e. The van der Waals surface area contributed by atoms with Crippen LogP contribution in [0.2, 0.25) is 0 Å². The molecule has 2 atom stereocenters. The molecule has 0 saturated carbocycles. The van der Waals surface area contributed by atoms with Crippen molar-refractivity contribution in [2.75, 3.05) is 20.2 Å². The molecule has 1 aromatic rings. The average molecular weight is 521 g/mol. The van der Waals surface area contributed by atoms with E-state index in [-0.39, 0.29) is 6.54 Å². The molecule has 0 aliphatic carbocycles. The van der Waals surface area contributed by atoms with Crippen LogP contribution in [-0.4, -0.2) is 66.5 Å². The second-order valence-electron chi connectivity index (χ2n) is 9.57. The normalized spacial score (nSPS) is 12.6. The molecule has 1 aromatic carbocycles. The summed E-state index contributed by atoms with van der Waals surface area (Å²) in [6.07, 6.45) is 1.86. The Morgan fingerprint density at radius 2 is 1.68 bits per heavy atom. The zero-order valence-electron chi connectivity index (χ0n) is 22.4. The average Bonchev–Trinajstić information content (AvgIpc) is 2.82. The van der Waals surface area contributed by atoms with Crippen molar-refractivity contribution in [1.29, 1.82) is 0 Å². The van der Waals surface area contributed by atoms with E-state index in [9.17, 15) is 24.0 Å². The molecule has 0 aromatic heterocycles. The van der Waals surface area contributed by atoms with Crippen molar-refractivity contribution >= 4 is 29.8 Å². The van der Waals surface area contributed by atoms with Crippen LogP contribution in [0.3, 0.4) is 0 Å². The molecule has 0 bridgehead atoms. The summed E-state index contributed by atoms with van der Waals surface area (Å²) in [4.78, 5) is 64.4. The van der Waals surface area contributed by atoms with Crippen molar-refractivity contribution in [3.8, 4) is 0 Å². The largest absolute Gasteiger partial charge is 0.468 e. The third-order valence-electron chi connectivity index (χ3n) is 5.24. The van der Waals surface area contributed by atoms with Crippen molar-refractivity contribution in [3.05, 3.63) is 35.9 Å². The lowest BCUT2D eigenvalue weighted by Crippen LogP contribution is -2.54. The van der Waals surface area contributed by atoms with Gasteiger partial charge in [0.15, 0.2) is 0 Å². The molecule has 0 heterocycles. The highest BCUT2D eigenvalue weighted by Crippen LogP contribution is 2.24. The first-order valence-electron chi connectivity index (χ1n) is 12.4. The Hall–Kier alpha value is -3.63. The van der Waals surface area contributed by atoms with E-state index >= 15 is 0 Å². The van der Waals surface area contributed by atoms with Crippen LogP contribution in [0.25, 0.3) is 0 Å². The van der Waals surface area contributed by atoms with Gasteiger partial charge in [0.1, 0.15) is 24.2 Å². The van der Waals surface area contributed by atoms with Gasteiger partial charge in [0.25, 0.3) is 0 Å². The van der Waals surface area contributed by atoms with Crippen molar-refractivity contribution in [2.45, 2.75) is 77.5 Å². The van der Waals surface area contributed by atoms with Crippen LogP contribution in [0.1, 0.15) is 71.4 Å². The number of hydrogen-bond acceptors (Lipinski definition) is 7. The molecule has 206 valence electrons. The Kier molecular flexibility index (Phi) is 13.1. The maximum Gasteiger partial charge on any atom is 0.408 e. The molecule has 0 fully saturated rings. The molecule has 0 spiro atoms. The number of carbonyl (C=O) groups excluding carboxylic acids is 5. The number of unbranched alkanes of at least 4 members (excludes halogenated alkanes) is 3. The molecular formula is C26H40N4O7. The molecule has 37 heavy (non-hydrogen) atoms. The third-order valence-corrected chi connectivity index (χ3v) is 5.24. The molecule has 0 aliphatic heterocycles. The van der Waals surface area contributed by atoms with E-state index in [2.05, 4.69) is 15.4 Å².